The molecule has 1 aliphatic heterocycles. The average molecular weight is 346 g/mol. The van der Waals surface area contributed by atoms with E-state index in [0.717, 1.165) is 18.4 Å². The predicted octanol–water partition coefficient (Wildman–Crippen LogP) is 3.84. The lowest BCUT2D eigenvalue weighted by molar-refractivity contribution is 0.475. The molecule has 2 aliphatic rings. The van der Waals surface area contributed by atoms with Crippen LogP contribution < -0.4 is 10.7 Å². The van der Waals surface area contributed by atoms with E-state index in [2.05, 4.69) is 40.1 Å². The molecule has 5 nitrogen and oxygen atoms in total. The first-order valence-electron chi connectivity index (χ1n) is 8.99. The van der Waals surface area contributed by atoms with Gasteiger partial charge in [0.25, 0.3) is 0 Å². The van der Waals surface area contributed by atoms with Gasteiger partial charge in [-0.25, -0.2) is 10.4 Å². The first-order chi connectivity index (χ1) is 12.8. The molecule has 2 aromatic rings. The number of nitrogens with zero attached hydrogens (tertiary/aromatic N) is 2. The molecule has 0 aromatic heterocycles. The number of allylic oxidation sites excluding steroid dienone is 1. The molecule has 0 radical (unpaired) electrons. The van der Waals surface area contributed by atoms with E-state index >= 15 is 0 Å². The Morgan fingerprint density at radius 1 is 1.04 bits per heavy atom. The van der Waals surface area contributed by atoms with E-state index in [1.54, 1.807) is 18.3 Å². The van der Waals surface area contributed by atoms with Gasteiger partial charge in [-0.2, -0.15) is 5.10 Å². The van der Waals surface area contributed by atoms with Gasteiger partial charge < -0.3 is 10.4 Å². The highest BCUT2D eigenvalue weighted by molar-refractivity contribution is 5.86. The Morgan fingerprint density at radius 2 is 1.81 bits per heavy atom. The van der Waals surface area contributed by atoms with Crippen LogP contribution in [0, 0.1) is 0 Å². The average Bonchev–Trinajstić information content (AvgIpc) is 2.69. The minimum absolute atomic E-state index is 0.0547. The van der Waals surface area contributed by atoms with E-state index in [4.69, 9.17) is 4.99 Å². The van der Waals surface area contributed by atoms with Crippen LogP contribution in [-0.4, -0.2) is 17.3 Å². The summed E-state index contributed by atoms with van der Waals surface area (Å²) < 4.78 is 0. The van der Waals surface area contributed by atoms with E-state index in [1.165, 1.54) is 29.7 Å². The highest BCUT2D eigenvalue weighted by Crippen LogP contribution is 2.37. The van der Waals surface area contributed by atoms with E-state index in [-0.39, 0.29) is 11.8 Å². The summed E-state index contributed by atoms with van der Waals surface area (Å²) in [6.07, 6.45) is 6.29. The zero-order valence-corrected chi connectivity index (χ0v) is 14.5. The Balaban J connectivity index is 1.54. The van der Waals surface area contributed by atoms with E-state index in [1.807, 2.05) is 18.2 Å². The fraction of sp³-hybridized carbons (Fsp3) is 0.238. The molecule has 0 amide bonds. The van der Waals surface area contributed by atoms with Gasteiger partial charge in [-0.05, 0) is 66.6 Å². The maximum absolute atomic E-state index is 9.34. The first-order valence-corrected chi connectivity index (χ1v) is 8.99. The number of nitrogens with one attached hydrogen (secondary N) is 2. The third kappa shape index (κ3) is 3.61. The second-order valence-corrected chi connectivity index (χ2v) is 6.59. The van der Waals surface area contributed by atoms with Crippen LogP contribution in [0.5, 0.6) is 5.75 Å². The Labute approximate surface area is 153 Å². The van der Waals surface area contributed by atoms with Crippen molar-refractivity contribution in [2.24, 2.45) is 10.1 Å². The van der Waals surface area contributed by atoms with Crippen LogP contribution in [0.3, 0.4) is 0 Å². The van der Waals surface area contributed by atoms with Crippen molar-refractivity contribution >= 4 is 12.2 Å². The fourth-order valence-electron chi connectivity index (χ4n) is 3.45. The highest BCUT2D eigenvalue weighted by Gasteiger charge is 2.27. The summed E-state index contributed by atoms with van der Waals surface area (Å²) in [6, 6.07) is 17.4. The molecule has 0 spiro atoms. The van der Waals surface area contributed by atoms with Crippen molar-refractivity contribution in [2.45, 2.75) is 31.7 Å². The quantitative estimate of drug-likeness (QED) is 0.584. The van der Waals surface area contributed by atoms with E-state index in [9.17, 15) is 5.11 Å². The smallest absolute Gasteiger partial charge is 0.217 e. The Kier molecular flexibility index (Phi) is 4.69. The maximum Gasteiger partial charge on any atom is 0.217 e. The van der Waals surface area contributed by atoms with Gasteiger partial charge in [-0.15, -0.1) is 0 Å². The van der Waals surface area contributed by atoms with Crippen molar-refractivity contribution in [2.75, 3.05) is 0 Å². The summed E-state index contributed by atoms with van der Waals surface area (Å²) in [6.45, 7) is 0. The summed E-state index contributed by atoms with van der Waals surface area (Å²) in [7, 11) is 0. The number of benzene rings is 2. The van der Waals surface area contributed by atoms with Gasteiger partial charge in [-0.3, -0.25) is 0 Å². The highest BCUT2D eigenvalue weighted by atomic mass is 16.3. The zero-order valence-electron chi connectivity index (χ0n) is 14.5. The summed E-state index contributed by atoms with van der Waals surface area (Å²) >= 11 is 0. The molecule has 2 aromatic carbocycles. The molecule has 1 heterocycles. The number of aromatic hydroxyl groups is 1. The molecule has 4 rings (SSSR count). The lowest BCUT2D eigenvalue weighted by Gasteiger charge is -2.31. The normalized spacial score (nSPS) is 19.7. The van der Waals surface area contributed by atoms with Crippen LogP contribution in [-0.2, 0) is 0 Å². The minimum Gasteiger partial charge on any atom is -0.508 e. The van der Waals surface area contributed by atoms with Gasteiger partial charge >= 0.3 is 0 Å². The van der Waals surface area contributed by atoms with Gasteiger partial charge in [0.2, 0.25) is 5.96 Å². The number of hydrogen-bond donors (Lipinski definition) is 3. The molecule has 26 heavy (non-hydrogen) atoms. The van der Waals surface area contributed by atoms with Gasteiger partial charge in [0, 0.05) is 5.70 Å². The number of guanidine groups is 1. The Bertz CT molecular complexity index is 853. The van der Waals surface area contributed by atoms with Gasteiger partial charge in [0.05, 0.1) is 6.21 Å². The van der Waals surface area contributed by atoms with Gasteiger partial charge in [0.1, 0.15) is 11.8 Å². The molecule has 1 atom stereocenters. The number of hydrogen-bond acceptors (Lipinski definition) is 5. The fourth-order valence-corrected chi connectivity index (χ4v) is 3.45. The molecule has 0 bridgehead atoms. The van der Waals surface area contributed by atoms with Crippen molar-refractivity contribution in [1.29, 1.82) is 0 Å². The van der Waals surface area contributed by atoms with Gasteiger partial charge in [-0.1, -0.05) is 30.3 Å². The molecular weight excluding hydrogens is 324 g/mol. The van der Waals surface area contributed by atoms with Crippen LogP contribution >= 0.6 is 0 Å². The molecule has 0 saturated heterocycles. The summed E-state index contributed by atoms with van der Waals surface area (Å²) in [4.78, 5) is 4.86. The molecule has 1 aliphatic carbocycles. The molecular formula is C21H22N4O. The lowest BCUT2D eigenvalue weighted by Crippen LogP contribution is -2.39. The number of rotatable bonds is 3. The maximum atomic E-state index is 9.34. The number of phenols is 1. The molecule has 1 unspecified atom stereocenters. The van der Waals surface area contributed by atoms with Crippen LogP contribution in [0.15, 0.2) is 76.0 Å². The third-order valence-corrected chi connectivity index (χ3v) is 4.76. The molecule has 132 valence electrons. The van der Waals surface area contributed by atoms with Crippen LogP contribution in [0.2, 0.25) is 0 Å². The predicted molar refractivity (Wildman–Crippen MR) is 104 cm³/mol. The van der Waals surface area contributed by atoms with Crippen molar-refractivity contribution in [3.63, 3.8) is 0 Å². The van der Waals surface area contributed by atoms with E-state index < -0.39 is 0 Å². The van der Waals surface area contributed by atoms with Crippen LogP contribution in [0.4, 0.5) is 0 Å². The topological polar surface area (TPSA) is 69.0 Å². The van der Waals surface area contributed by atoms with Crippen molar-refractivity contribution < 1.29 is 5.11 Å². The second kappa shape index (κ2) is 7.44. The Hall–Kier alpha value is -3.08. The first kappa shape index (κ1) is 16.4. The number of aliphatic imine (C=N–C) groups is 1. The van der Waals surface area contributed by atoms with Crippen LogP contribution in [0.1, 0.15) is 42.9 Å². The monoisotopic (exact) mass is 346 g/mol. The molecule has 0 fully saturated rings. The lowest BCUT2D eigenvalue weighted by atomic mass is 9.87. The largest absolute Gasteiger partial charge is 0.508 e. The third-order valence-electron chi connectivity index (χ3n) is 4.76. The standard InChI is InChI=1S/C21H22N4O/c26-17-12-10-15(11-13-17)14-22-25-21-23-19-9-5-4-8-18(19)20(24-21)16-6-2-1-3-7-16/h1-3,6-7,10-14,20,26H,4-5,8-9H2,(H2,23,24,25)/b22-14+. The summed E-state index contributed by atoms with van der Waals surface area (Å²) in [5.74, 6) is 0.922. The molecule has 3 N–H and O–H groups in total. The van der Waals surface area contributed by atoms with Crippen molar-refractivity contribution in [3.05, 3.63) is 77.0 Å². The van der Waals surface area contributed by atoms with Crippen LogP contribution in [0.25, 0.3) is 0 Å². The van der Waals surface area contributed by atoms with Crippen molar-refractivity contribution in [3.8, 4) is 5.75 Å². The molecule has 0 saturated carbocycles. The number of phenolic OH excluding ortho intramolecular Hbond substituents is 1. The summed E-state index contributed by atoms with van der Waals surface area (Å²) in [5.41, 5.74) is 7.83. The molecule has 5 heteroatoms. The Morgan fingerprint density at radius 3 is 2.62 bits per heavy atom. The second-order valence-electron chi connectivity index (χ2n) is 6.59. The zero-order chi connectivity index (χ0) is 17.8. The minimum atomic E-state index is 0.0547. The van der Waals surface area contributed by atoms with Crippen molar-refractivity contribution in [1.82, 2.24) is 10.7 Å². The summed E-state index contributed by atoms with van der Waals surface area (Å²) in [5, 5.41) is 17.0. The van der Waals surface area contributed by atoms with Gasteiger partial charge in [0.15, 0.2) is 0 Å². The SMILES string of the molecule is Oc1ccc(/C=N/NC2=NC(c3ccccc3)C3=C(CCCC3)N2)cc1. The van der Waals surface area contributed by atoms with E-state index in [0.29, 0.717) is 5.96 Å². The number of hydrazone groups is 1.